The van der Waals surface area contributed by atoms with Crippen molar-refractivity contribution in [2.45, 2.75) is 0 Å². The van der Waals surface area contributed by atoms with Gasteiger partial charge in [0.1, 0.15) is 5.75 Å². The molecule has 0 bridgehead atoms. The van der Waals surface area contributed by atoms with E-state index in [-0.39, 0.29) is 5.75 Å². The molecule has 114 valence electrons. The summed E-state index contributed by atoms with van der Waals surface area (Å²) in [5.74, 6) is 0.130. The molecule has 2 aromatic carbocycles. The summed E-state index contributed by atoms with van der Waals surface area (Å²) in [5, 5.41) is 18.5. The van der Waals surface area contributed by atoms with Crippen LogP contribution in [0.15, 0.2) is 48.5 Å². The lowest BCUT2D eigenvalue weighted by Gasteiger charge is -2.12. The Balaban J connectivity index is 2.55. The van der Waals surface area contributed by atoms with Gasteiger partial charge in [0, 0.05) is 6.08 Å². The van der Waals surface area contributed by atoms with Crippen molar-refractivity contribution < 1.29 is 24.5 Å². The molecule has 2 rings (SSSR count). The van der Waals surface area contributed by atoms with E-state index in [0.717, 1.165) is 6.08 Å². The van der Waals surface area contributed by atoms with Crippen molar-refractivity contribution in [2.24, 2.45) is 0 Å². The number of hydrogen-bond acceptors (Lipinski definition) is 4. The Morgan fingerprint density at radius 1 is 0.955 bits per heavy atom. The second kappa shape index (κ2) is 6.67. The predicted octanol–water partition coefficient (Wildman–Crippen LogP) is 2.93. The molecule has 0 aliphatic rings. The number of aliphatic carboxylic acids is 1. The average Bonchev–Trinajstić information content (AvgIpc) is 2.52. The molecule has 0 fully saturated rings. The Labute approximate surface area is 128 Å². The van der Waals surface area contributed by atoms with Crippen LogP contribution < -0.4 is 9.47 Å². The number of rotatable bonds is 5. The molecule has 22 heavy (non-hydrogen) atoms. The van der Waals surface area contributed by atoms with Crippen LogP contribution in [0.2, 0.25) is 0 Å². The molecule has 0 saturated carbocycles. The fraction of sp³-hybridized carbons (Fsp3) is 0.118. The van der Waals surface area contributed by atoms with Crippen molar-refractivity contribution >= 4 is 11.5 Å². The van der Waals surface area contributed by atoms with Gasteiger partial charge < -0.3 is 19.7 Å². The van der Waals surface area contributed by atoms with Gasteiger partial charge in [0.05, 0.1) is 14.2 Å². The summed E-state index contributed by atoms with van der Waals surface area (Å²) in [6.45, 7) is 0. The predicted molar refractivity (Wildman–Crippen MR) is 82.4 cm³/mol. The van der Waals surface area contributed by atoms with Gasteiger partial charge in [-0.25, -0.2) is 4.79 Å². The fourth-order valence-electron chi connectivity index (χ4n) is 2.10. The molecule has 0 atom stereocenters. The van der Waals surface area contributed by atoms with Crippen LogP contribution in [0.25, 0.3) is 5.57 Å². The minimum Gasteiger partial charge on any atom is -0.508 e. The Morgan fingerprint density at radius 2 is 1.55 bits per heavy atom. The molecule has 0 amide bonds. The number of carbonyl (C=O) groups is 1. The van der Waals surface area contributed by atoms with Crippen LogP contribution in [0.1, 0.15) is 11.1 Å². The van der Waals surface area contributed by atoms with Gasteiger partial charge >= 0.3 is 5.97 Å². The maximum absolute atomic E-state index is 11.1. The number of benzene rings is 2. The third kappa shape index (κ3) is 3.38. The van der Waals surface area contributed by atoms with Crippen LogP contribution in [0.4, 0.5) is 0 Å². The van der Waals surface area contributed by atoms with E-state index in [1.807, 2.05) is 0 Å². The summed E-state index contributed by atoms with van der Waals surface area (Å²) < 4.78 is 10.4. The first-order chi connectivity index (χ1) is 10.5. The molecule has 0 aliphatic carbocycles. The smallest absolute Gasteiger partial charge is 0.328 e. The Morgan fingerprint density at radius 3 is 2.09 bits per heavy atom. The molecule has 5 nitrogen and oxygen atoms in total. The number of carboxylic acid groups (broad SMARTS) is 1. The summed E-state index contributed by atoms with van der Waals surface area (Å²) in [6.07, 6.45) is 1.12. The van der Waals surface area contributed by atoms with E-state index in [1.54, 1.807) is 30.3 Å². The molecule has 0 saturated heterocycles. The zero-order valence-electron chi connectivity index (χ0n) is 12.2. The highest BCUT2D eigenvalue weighted by Crippen LogP contribution is 2.33. The molecule has 2 N–H and O–H groups in total. The summed E-state index contributed by atoms with van der Waals surface area (Å²) in [5.41, 5.74) is 1.85. The van der Waals surface area contributed by atoms with Gasteiger partial charge in [0.15, 0.2) is 11.5 Å². The molecule has 0 spiro atoms. The minimum absolute atomic E-state index is 0.116. The van der Waals surface area contributed by atoms with E-state index in [2.05, 4.69) is 0 Å². The lowest BCUT2D eigenvalue weighted by molar-refractivity contribution is -0.131. The maximum atomic E-state index is 11.1. The largest absolute Gasteiger partial charge is 0.508 e. The molecule has 0 unspecified atom stereocenters. The van der Waals surface area contributed by atoms with Crippen molar-refractivity contribution in [1.82, 2.24) is 0 Å². The summed E-state index contributed by atoms with van der Waals surface area (Å²) in [4.78, 5) is 11.1. The zero-order valence-corrected chi connectivity index (χ0v) is 12.2. The van der Waals surface area contributed by atoms with Crippen molar-refractivity contribution in [1.29, 1.82) is 0 Å². The molecule has 5 heteroatoms. The molecule has 0 heterocycles. The zero-order chi connectivity index (χ0) is 16.1. The van der Waals surface area contributed by atoms with E-state index < -0.39 is 5.97 Å². The van der Waals surface area contributed by atoms with Crippen LogP contribution in [0, 0.1) is 0 Å². The Hall–Kier alpha value is -2.95. The van der Waals surface area contributed by atoms with Crippen molar-refractivity contribution in [3.8, 4) is 17.2 Å². The first kappa shape index (κ1) is 15.4. The number of ether oxygens (including phenoxy) is 2. The second-order valence-electron chi connectivity index (χ2n) is 4.51. The van der Waals surface area contributed by atoms with Gasteiger partial charge in [-0.2, -0.15) is 0 Å². The van der Waals surface area contributed by atoms with Crippen LogP contribution in [-0.4, -0.2) is 30.4 Å². The van der Waals surface area contributed by atoms with Crippen molar-refractivity contribution in [3.63, 3.8) is 0 Å². The second-order valence-corrected chi connectivity index (χ2v) is 4.51. The SMILES string of the molecule is COc1ccc(C(=CC(=O)O)c2ccc(O)cc2)cc1OC. The van der Waals surface area contributed by atoms with Gasteiger partial charge in [-0.15, -0.1) is 0 Å². The highest BCUT2D eigenvalue weighted by molar-refractivity contribution is 5.95. The number of carboxylic acids is 1. The van der Waals surface area contributed by atoms with Crippen LogP contribution in [0.3, 0.4) is 0 Å². The fourth-order valence-corrected chi connectivity index (χ4v) is 2.10. The summed E-state index contributed by atoms with van der Waals surface area (Å²) in [7, 11) is 3.05. The Bertz CT molecular complexity index is 701. The summed E-state index contributed by atoms with van der Waals surface area (Å²) in [6, 6.07) is 11.5. The van der Waals surface area contributed by atoms with Gasteiger partial charge in [-0.1, -0.05) is 18.2 Å². The molecule has 0 aliphatic heterocycles. The van der Waals surface area contributed by atoms with Gasteiger partial charge in [0.25, 0.3) is 0 Å². The first-order valence-corrected chi connectivity index (χ1v) is 6.51. The highest BCUT2D eigenvalue weighted by atomic mass is 16.5. The van der Waals surface area contributed by atoms with Crippen LogP contribution >= 0.6 is 0 Å². The molecular formula is C17H16O5. The molecule has 2 aromatic rings. The highest BCUT2D eigenvalue weighted by Gasteiger charge is 2.11. The van der Waals surface area contributed by atoms with Crippen molar-refractivity contribution in [2.75, 3.05) is 14.2 Å². The third-order valence-corrected chi connectivity index (χ3v) is 3.14. The third-order valence-electron chi connectivity index (χ3n) is 3.14. The lowest BCUT2D eigenvalue weighted by atomic mass is 9.97. The number of hydrogen-bond donors (Lipinski definition) is 2. The maximum Gasteiger partial charge on any atom is 0.328 e. The summed E-state index contributed by atoms with van der Waals surface area (Å²) >= 11 is 0. The van der Waals surface area contributed by atoms with Crippen molar-refractivity contribution in [3.05, 3.63) is 59.7 Å². The minimum atomic E-state index is -1.06. The van der Waals surface area contributed by atoms with Gasteiger partial charge in [0.2, 0.25) is 0 Å². The average molecular weight is 300 g/mol. The monoisotopic (exact) mass is 300 g/mol. The molecule has 0 aromatic heterocycles. The first-order valence-electron chi connectivity index (χ1n) is 6.51. The van der Waals surface area contributed by atoms with E-state index >= 15 is 0 Å². The number of aromatic hydroxyl groups is 1. The van der Waals surface area contributed by atoms with Gasteiger partial charge in [-0.05, 0) is 41.0 Å². The number of methoxy groups -OCH3 is 2. The van der Waals surface area contributed by atoms with E-state index in [9.17, 15) is 9.90 Å². The van der Waals surface area contributed by atoms with E-state index in [1.165, 1.54) is 26.4 Å². The standard InChI is InChI=1S/C17H16O5/c1-21-15-8-5-12(9-16(15)22-2)14(10-17(19)20)11-3-6-13(18)7-4-11/h3-10,18H,1-2H3,(H,19,20). The van der Waals surface area contributed by atoms with Crippen LogP contribution in [-0.2, 0) is 4.79 Å². The normalized spacial score (nSPS) is 11.1. The number of phenols is 1. The molecular weight excluding hydrogens is 284 g/mol. The quantitative estimate of drug-likeness (QED) is 0.830. The van der Waals surface area contributed by atoms with Crippen LogP contribution in [0.5, 0.6) is 17.2 Å². The lowest BCUT2D eigenvalue weighted by Crippen LogP contribution is -1.97. The van der Waals surface area contributed by atoms with E-state index in [4.69, 9.17) is 14.6 Å². The van der Waals surface area contributed by atoms with E-state index in [0.29, 0.717) is 28.2 Å². The Kier molecular flexibility index (Phi) is 4.68. The van der Waals surface area contributed by atoms with Gasteiger partial charge in [-0.3, -0.25) is 0 Å². The number of phenolic OH excluding ortho intramolecular Hbond substituents is 1. The molecule has 0 radical (unpaired) electrons. The topological polar surface area (TPSA) is 76.0 Å².